The van der Waals surface area contributed by atoms with Crippen LogP contribution in [0.3, 0.4) is 0 Å². The van der Waals surface area contributed by atoms with Gasteiger partial charge in [0, 0.05) is 16.6 Å². The van der Waals surface area contributed by atoms with Crippen LogP contribution < -0.4 is 5.73 Å². The molecule has 1 nitrogen and oxygen atoms in total. The van der Waals surface area contributed by atoms with Crippen LogP contribution in [0.2, 0.25) is 0 Å². The summed E-state index contributed by atoms with van der Waals surface area (Å²) in [5.41, 5.74) is 7.80. The first-order valence-corrected chi connectivity index (χ1v) is 5.74. The predicted octanol–water partition coefficient (Wildman–Crippen LogP) is 3.71. The van der Waals surface area contributed by atoms with E-state index in [1.54, 1.807) is 6.07 Å². The van der Waals surface area contributed by atoms with Gasteiger partial charge in [-0.15, -0.1) is 0 Å². The molecule has 0 atom stereocenters. The summed E-state index contributed by atoms with van der Waals surface area (Å²) in [5.74, 6) is -0.250. The zero-order valence-electron chi connectivity index (χ0n) is 8.58. The van der Waals surface area contributed by atoms with Crippen LogP contribution >= 0.6 is 15.9 Å². The number of halogens is 2. The number of hydrogen-bond acceptors (Lipinski definition) is 1. The molecule has 0 bridgehead atoms. The van der Waals surface area contributed by atoms with E-state index in [-0.39, 0.29) is 12.4 Å². The van der Waals surface area contributed by atoms with E-state index >= 15 is 0 Å². The second kappa shape index (κ2) is 4.76. The minimum atomic E-state index is -0.250. The normalized spacial score (nSPS) is 10.4. The third-order valence-corrected chi connectivity index (χ3v) is 2.92. The SMILES string of the molecule is NCc1ccc(-c2cccc(Br)c2)cc1F. The molecular weight excluding hydrogens is 269 g/mol. The summed E-state index contributed by atoms with van der Waals surface area (Å²) in [7, 11) is 0. The highest BCUT2D eigenvalue weighted by molar-refractivity contribution is 9.10. The molecule has 0 fully saturated rings. The van der Waals surface area contributed by atoms with E-state index in [0.717, 1.165) is 15.6 Å². The van der Waals surface area contributed by atoms with Crippen molar-refractivity contribution in [2.75, 3.05) is 0 Å². The number of rotatable bonds is 2. The zero-order valence-corrected chi connectivity index (χ0v) is 10.2. The predicted molar refractivity (Wildman–Crippen MR) is 67.4 cm³/mol. The van der Waals surface area contributed by atoms with Crippen LogP contribution in [0, 0.1) is 5.82 Å². The molecule has 0 heterocycles. The Bertz CT molecular complexity index is 511. The Morgan fingerprint density at radius 1 is 1.06 bits per heavy atom. The van der Waals surface area contributed by atoms with E-state index in [1.807, 2.05) is 30.3 Å². The summed E-state index contributed by atoms with van der Waals surface area (Å²) in [6.45, 7) is 0.227. The van der Waals surface area contributed by atoms with Gasteiger partial charge in [0.15, 0.2) is 0 Å². The Hall–Kier alpha value is -1.19. The van der Waals surface area contributed by atoms with Gasteiger partial charge in [0.2, 0.25) is 0 Å². The van der Waals surface area contributed by atoms with Gasteiger partial charge in [0.1, 0.15) is 5.82 Å². The number of nitrogens with two attached hydrogens (primary N) is 1. The molecule has 0 spiro atoms. The smallest absolute Gasteiger partial charge is 0.128 e. The fourth-order valence-electron chi connectivity index (χ4n) is 1.56. The Labute approximate surface area is 102 Å². The van der Waals surface area contributed by atoms with Crippen molar-refractivity contribution in [2.45, 2.75) is 6.54 Å². The highest BCUT2D eigenvalue weighted by Gasteiger charge is 2.03. The highest BCUT2D eigenvalue weighted by atomic mass is 79.9. The van der Waals surface area contributed by atoms with Gasteiger partial charge in [-0.25, -0.2) is 4.39 Å². The van der Waals surface area contributed by atoms with E-state index < -0.39 is 0 Å². The van der Waals surface area contributed by atoms with Crippen LogP contribution in [0.4, 0.5) is 4.39 Å². The number of hydrogen-bond donors (Lipinski definition) is 1. The summed E-state index contributed by atoms with van der Waals surface area (Å²) in [6, 6.07) is 12.9. The van der Waals surface area contributed by atoms with E-state index in [4.69, 9.17) is 5.73 Å². The van der Waals surface area contributed by atoms with E-state index in [9.17, 15) is 4.39 Å². The molecule has 0 unspecified atom stereocenters. The first-order valence-electron chi connectivity index (χ1n) is 4.95. The minimum Gasteiger partial charge on any atom is -0.326 e. The van der Waals surface area contributed by atoms with Crippen LogP contribution in [0.25, 0.3) is 11.1 Å². The molecule has 0 amide bonds. The molecule has 2 aromatic carbocycles. The summed E-state index contributed by atoms with van der Waals surface area (Å²) < 4.78 is 14.5. The summed E-state index contributed by atoms with van der Waals surface area (Å²) >= 11 is 3.39. The van der Waals surface area contributed by atoms with Gasteiger partial charge in [-0.3, -0.25) is 0 Å². The summed E-state index contributed by atoms with van der Waals surface area (Å²) in [5, 5.41) is 0. The summed E-state index contributed by atoms with van der Waals surface area (Å²) in [4.78, 5) is 0. The van der Waals surface area contributed by atoms with Gasteiger partial charge in [-0.05, 0) is 29.3 Å². The van der Waals surface area contributed by atoms with Crippen LogP contribution in [0.5, 0.6) is 0 Å². The number of benzene rings is 2. The van der Waals surface area contributed by atoms with Crippen LogP contribution in [-0.4, -0.2) is 0 Å². The molecule has 0 aromatic heterocycles. The highest BCUT2D eigenvalue weighted by Crippen LogP contribution is 2.24. The second-order valence-electron chi connectivity index (χ2n) is 3.52. The van der Waals surface area contributed by atoms with Crippen molar-refractivity contribution < 1.29 is 4.39 Å². The fourth-order valence-corrected chi connectivity index (χ4v) is 1.96. The Morgan fingerprint density at radius 2 is 1.81 bits per heavy atom. The molecule has 3 heteroatoms. The first kappa shape index (κ1) is 11.3. The molecule has 0 saturated carbocycles. The van der Waals surface area contributed by atoms with Crippen LogP contribution in [0.1, 0.15) is 5.56 Å². The average Bonchev–Trinajstić information content (AvgIpc) is 2.29. The van der Waals surface area contributed by atoms with Crippen molar-refractivity contribution in [2.24, 2.45) is 5.73 Å². The van der Waals surface area contributed by atoms with Crippen molar-refractivity contribution in [3.8, 4) is 11.1 Å². The van der Waals surface area contributed by atoms with Gasteiger partial charge in [-0.2, -0.15) is 0 Å². The van der Waals surface area contributed by atoms with Gasteiger partial charge in [-0.1, -0.05) is 40.2 Å². The molecule has 0 aliphatic rings. The van der Waals surface area contributed by atoms with Gasteiger partial charge >= 0.3 is 0 Å². The molecule has 16 heavy (non-hydrogen) atoms. The van der Waals surface area contributed by atoms with Crippen LogP contribution in [-0.2, 0) is 6.54 Å². The van der Waals surface area contributed by atoms with E-state index in [2.05, 4.69) is 15.9 Å². The lowest BCUT2D eigenvalue weighted by Gasteiger charge is -2.05. The monoisotopic (exact) mass is 279 g/mol. The van der Waals surface area contributed by atoms with Crippen molar-refractivity contribution in [3.05, 3.63) is 58.3 Å². The maximum absolute atomic E-state index is 13.5. The minimum absolute atomic E-state index is 0.227. The standard InChI is InChI=1S/C13H11BrFN/c14-12-3-1-2-9(6-12)10-4-5-11(8-16)13(15)7-10/h1-7H,8,16H2. The van der Waals surface area contributed by atoms with Crippen LogP contribution in [0.15, 0.2) is 46.9 Å². The topological polar surface area (TPSA) is 26.0 Å². The first-order chi connectivity index (χ1) is 7.70. The molecule has 82 valence electrons. The largest absolute Gasteiger partial charge is 0.326 e. The molecule has 2 N–H and O–H groups in total. The molecule has 0 saturated heterocycles. The third kappa shape index (κ3) is 2.31. The molecule has 0 radical (unpaired) electrons. The molecule has 0 aliphatic heterocycles. The zero-order chi connectivity index (χ0) is 11.5. The molecule has 2 rings (SSSR count). The molecule has 2 aromatic rings. The Balaban J connectivity index is 2.45. The van der Waals surface area contributed by atoms with Gasteiger partial charge in [0.05, 0.1) is 0 Å². The Kier molecular flexibility index (Phi) is 3.36. The maximum atomic E-state index is 13.5. The van der Waals surface area contributed by atoms with Crippen molar-refractivity contribution in [1.82, 2.24) is 0 Å². The van der Waals surface area contributed by atoms with E-state index in [1.165, 1.54) is 6.07 Å². The Morgan fingerprint density at radius 3 is 2.44 bits per heavy atom. The quantitative estimate of drug-likeness (QED) is 0.891. The lowest BCUT2D eigenvalue weighted by atomic mass is 10.0. The second-order valence-corrected chi connectivity index (χ2v) is 4.44. The fraction of sp³-hybridized carbons (Fsp3) is 0.0769. The van der Waals surface area contributed by atoms with Gasteiger partial charge in [0.25, 0.3) is 0 Å². The molecule has 0 aliphatic carbocycles. The lowest BCUT2D eigenvalue weighted by Crippen LogP contribution is -1.99. The van der Waals surface area contributed by atoms with Crippen molar-refractivity contribution in [3.63, 3.8) is 0 Å². The van der Waals surface area contributed by atoms with E-state index in [0.29, 0.717) is 5.56 Å². The molecular formula is C13H11BrFN. The van der Waals surface area contributed by atoms with Crippen molar-refractivity contribution in [1.29, 1.82) is 0 Å². The van der Waals surface area contributed by atoms with Crippen molar-refractivity contribution >= 4 is 15.9 Å². The third-order valence-electron chi connectivity index (χ3n) is 2.43. The summed E-state index contributed by atoms with van der Waals surface area (Å²) in [6.07, 6.45) is 0. The lowest BCUT2D eigenvalue weighted by molar-refractivity contribution is 0.611. The van der Waals surface area contributed by atoms with Gasteiger partial charge < -0.3 is 5.73 Å². The maximum Gasteiger partial charge on any atom is 0.128 e. The average molecular weight is 280 g/mol.